The van der Waals surface area contributed by atoms with Crippen LogP contribution in [0.5, 0.6) is 0 Å². The average Bonchev–Trinajstić information content (AvgIpc) is 2.02. The molecule has 0 aliphatic carbocycles. The molecule has 0 aliphatic rings. The second-order valence-corrected chi connectivity index (χ2v) is 1.87. The highest BCUT2D eigenvalue weighted by atomic mass is 14.7. The summed E-state index contributed by atoms with van der Waals surface area (Å²) >= 11 is 0. The van der Waals surface area contributed by atoms with Crippen molar-refractivity contribution in [2.75, 3.05) is 6.54 Å². The second-order valence-electron chi connectivity index (χ2n) is 1.87. The van der Waals surface area contributed by atoms with Crippen LogP contribution in [0.25, 0.3) is 0 Å². The van der Waals surface area contributed by atoms with Gasteiger partial charge < -0.3 is 0 Å². The van der Waals surface area contributed by atoms with Gasteiger partial charge in [-0.2, -0.15) is 0 Å². The summed E-state index contributed by atoms with van der Waals surface area (Å²) in [5.41, 5.74) is 0. The zero-order valence-corrected chi connectivity index (χ0v) is 7.85. The second kappa shape index (κ2) is 15.9. The minimum absolute atomic E-state index is 1.02. The van der Waals surface area contributed by atoms with E-state index in [1.54, 1.807) is 0 Å². The van der Waals surface area contributed by atoms with E-state index < -0.39 is 0 Å². The van der Waals surface area contributed by atoms with Gasteiger partial charge in [0.2, 0.25) is 0 Å². The molecule has 0 rings (SSSR count). The first-order valence-corrected chi connectivity index (χ1v) is 4.36. The van der Waals surface area contributed by atoms with E-state index in [1.165, 1.54) is 19.3 Å². The molecule has 0 aromatic carbocycles. The highest BCUT2D eigenvalue weighted by molar-refractivity contribution is 5.53. The molecular formula is C9H21N. The number of aliphatic imine (C=N–C) groups is 1. The monoisotopic (exact) mass is 143 g/mol. The molecule has 0 saturated carbocycles. The summed E-state index contributed by atoms with van der Waals surface area (Å²) in [5.74, 6) is 0. The molecule has 0 atom stereocenters. The van der Waals surface area contributed by atoms with Gasteiger partial charge in [0.1, 0.15) is 0 Å². The van der Waals surface area contributed by atoms with Crippen LogP contribution in [0, 0.1) is 0 Å². The molecule has 0 aromatic heterocycles. The lowest BCUT2D eigenvalue weighted by molar-refractivity contribution is 0.729. The number of nitrogens with zero attached hydrogens (tertiary/aromatic N) is 1. The lowest BCUT2D eigenvalue weighted by Gasteiger charge is -1.89. The largest absolute Gasteiger partial charge is 0.298 e. The van der Waals surface area contributed by atoms with Crippen LogP contribution in [0.1, 0.15) is 47.0 Å². The lowest BCUT2D eigenvalue weighted by atomic mass is 10.2. The SMILES string of the molecule is CC.CC=NCCCCC. The maximum absolute atomic E-state index is 4.08. The molecule has 1 nitrogen and oxygen atoms in total. The van der Waals surface area contributed by atoms with E-state index in [1.807, 2.05) is 27.0 Å². The van der Waals surface area contributed by atoms with Crippen LogP contribution in [0.15, 0.2) is 4.99 Å². The van der Waals surface area contributed by atoms with Crippen LogP contribution in [0.3, 0.4) is 0 Å². The van der Waals surface area contributed by atoms with E-state index in [9.17, 15) is 0 Å². The van der Waals surface area contributed by atoms with Crippen LogP contribution >= 0.6 is 0 Å². The third kappa shape index (κ3) is 15.6. The summed E-state index contributed by atoms with van der Waals surface area (Å²) in [6.45, 7) is 9.19. The molecule has 0 saturated heterocycles. The van der Waals surface area contributed by atoms with Gasteiger partial charge in [-0.05, 0) is 19.6 Å². The minimum atomic E-state index is 1.02. The number of hydrogen-bond donors (Lipinski definition) is 0. The van der Waals surface area contributed by atoms with Gasteiger partial charge in [-0.25, -0.2) is 0 Å². The Bertz CT molecular complexity index is 57.7. The van der Waals surface area contributed by atoms with Crippen molar-refractivity contribution in [1.29, 1.82) is 0 Å². The topological polar surface area (TPSA) is 12.4 Å². The molecular weight excluding hydrogens is 122 g/mol. The molecule has 0 aliphatic heterocycles. The predicted molar refractivity (Wildman–Crippen MR) is 49.9 cm³/mol. The summed E-state index contributed by atoms with van der Waals surface area (Å²) in [5, 5.41) is 0. The quantitative estimate of drug-likeness (QED) is 0.423. The molecule has 62 valence electrons. The van der Waals surface area contributed by atoms with E-state index in [-0.39, 0.29) is 0 Å². The smallest absolute Gasteiger partial charge is 0.0385 e. The maximum Gasteiger partial charge on any atom is 0.0385 e. The Morgan fingerprint density at radius 1 is 1.20 bits per heavy atom. The van der Waals surface area contributed by atoms with Crippen molar-refractivity contribution in [3.63, 3.8) is 0 Å². The van der Waals surface area contributed by atoms with E-state index in [0.717, 1.165) is 6.54 Å². The molecule has 0 spiro atoms. The van der Waals surface area contributed by atoms with Gasteiger partial charge in [0.05, 0.1) is 0 Å². The van der Waals surface area contributed by atoms with Crippen LogP contribution < -0.4 is 0 Å². The molecule has 0 unspecified atom stereocenters. The van der Waals surface area contributed by atoms with Crippen molar-refractivity contribution in [1.82, 2.24) is 0 Å². The fourth-order valence-corrected chi connectivity index (χ4v) is 0.582. The first-order valence-electron chi connectivity index (χ1n) is 4.36. The van der Waals surface area contributed by atoms with Crippen LogP contribution in [0.4, 0.5) is 0 Å². The van der Waals surface area contributed by atoms with Gasteiger partial charge in [0, 0.05) is 6.54 Å². The summed E-state index contributed by atoms with van der Waals surface area (Å²) in [7, 11) is 0. The first kappa shape index (κ1) is 12.4. The zero-order valence-electron chi connectivity index (χ0n) is 7.85. The molecule has 10 heavy (non-hydrogen) atoms. The standard InChI is InChI=1S/C7H15N.C2H6/c1-3-5-6-7-8-4-2;1-2/h4H,3,5-7H2,1-2H3;1-2H3. The molecule has 0 radical (unpaired) electrons. The van der Waals surface area contributed by atoms with Crippen LogP contribution in [0.2, 0.25) is 0 Å². The van der Waals surface area contributed by atoms with E-state index in [0.29, 0.717) is 0 Å². The number of hydrogen-bond acceptors (Lipinski definition) is 1. The highest BCUT2D eigenvalue weighted by Gasteiger charge is 1.79. The summed E-state index contributed by atoms with van der Waals surface area (Å²) in [4.78, 5) is 4.08. The molecule has 0 heterocycles. The average molecular weight is 143 g/mol. The Hall–Kier alpha value is -0.330. The summed E-state index contributed by atoms with van der Waals surface area (Å²) in [6.07, 6.45) is 5.73. The fraction of sp³-hybridized carbons (Fsp3) is 0.889. The molecule has 0 bridgehead atoms. The van der Waals surface area contributed by atoms with E-state index >= 15 is 0 Å². The summed E-state index contributed by atoms with van der Waals surface area (Å²) < 4.78 is 0. The Labute approximate surface area is 65.6 Å². The third-order valence-corrected chi connectivity index (χ3v) is 1.07. The molecule has 0 N–H and O–H groups in total. The van der Waals surface area contributed by atoms with Gasteiger partial charge in [-0.15, -0.1) is 0 Å². The maximum atomic E-state index is 4.08. The van der Waals surface area contributed by atoms with Crippen LogP contribution in [-0.2, 0) is 0 Å². The van der Waals surface area contributed by atoms with Crippen molar-refractivity contribution < 1.29 is 0 Å². The fourth-order valence-electron chi connectivity index (χ4n) is 0.582. The van der Waals surface area contributed by atoms with E-state index in [2.05, 4.69) is 11.9 Å². The Morgan fingerprint density at radius 3 is 2.20 bits per heavy atom. The lowest BCUT2D eigenvalue weighted by Crippen LogP contribution is -1.79. The van der Waals surface area contributed by atoms with Crippen molar-refractivity contribution in [2.45, 2.75) is 47.0 Å². The van der Waals surface area contributed by atoms with Crippen LogP contribution in [-0.4, -0.2) is 12.8 Å². The van der Waals surface area contributed by atoms with E-state index in [4.69, 9.17) is 0 Å². The zero-order chi connectivity index (χ0) is 8.24. The first-order chi connectivity index (χ1) is 4.91. The normalized spacial score (nSPS) is 9.20. The minimum Gasteiger partial charge on any atom is -0.298 e. The third-order valence-electron chi connectivity index (χ3n) is 1.07. The predicted octanol–water partition coefficient (Wildman–Crippen LogP) is 3.29. The van der Waals surface area contributed by atoms with Gasteiger partial charge in [0.25, 0.3) is 0 Å². The summed E-state index contributed by atoms with van der Waals surface area (Å²) in [6, 6.07) is 0. The van der Waals surface area contributed by atoms with Crippen molar-refractivity contribution >= 4 is 6.21 Å². The van der Waals surface area contributed by atoms with Gasteiger partial charge in [-0.1, -0.05) is 33.6 Å². The molecule has 0 amide bonds. The molecule has 1 heteroatoms. The van der Waals surface area contributed by atoms with Gasteiger partial charge in [-0.3, -0.25) is 4.99 Å². The molecule has 0 aromatic rings. The Kier molecular flexibility index (Phi) is 19.6. The Balaban J connectivity index is 0. The van der Waals surface area contributed by atoms with Crippen molar-refractivity contribution in [3.8, 4) is 0 Å². The number of rotatable bonds is 4. The van der Waals surface area contributed by atoms with Gasteiger partial charge >= 0.3 is 0 Å². The van der Waals surface area contributed by atoms with Crippen molar-refractivity contribution in [3.05, 3.63) is 0 Å². The van der Waals surface area contributed by atoms with Crippen molar-refractivity contribution in [2.24, 2.45) is 4.99 Å². The number of unbranched alkanes of at least 4 members (excludes halogenated alkanes) is 2. The van der Waals surface area contributed by atoms with Gasteiger partial charge in [0.15, 0.2) is 0 Å². The Morgan fingerprint density at radius 2 is 1.80 bits per heavy atom. The molecule has 0 fully saturated rings. The highest BCUT2D eigenvalue weighted by Crippen LogP contribution is 1.92.